The molecule has 0 spiro atoms. The molecule has 2 aromatic rings. The van der Waals surface area contributed by atoms with Crippen molar-refractivity contribution in [3.05, 3.63) is 40.7 Å². The second-order valence-corrected chi connectivity index (χ2v) is 5.18. The first-order valence-electron chi connectivity index (χ1n) is 6.32. The Morgan fingerprint density at radius 3 is 2.00 bits per heavy atom. The Kier molecular flexibility index (Phi) is 3.43. The highest BCUT2D eigenvalue weighted by molar-refractivity contribution is 5.69. The van der Waals surface area contributed by atoms with E-state index < -0.39 is 11.6 Å². The van der Waals surface area contributed by atoms with E-state index in [9.17, 15) is 8.78 Å². The van der Waals surface area contributed by atoms with Crippen molar-refractivity contribution < 1.29 is 8.78 Å². The van der Waals surface area contributed by atoms with E-state index in [1.165, 1.54) is 12.1 Å². The average molecular weight is 264 g/mol. The summed E-state index contributed by atoms with van der Waals surface area (Å²) in [4.78, 5) is 0. The first-order chi connectivity index (χ1) is 8.82. The maximum Gasteiger partial charge on any atom is 0.130 e. The molecule has 0 saturated heterocycles. The normalized spacial score (nSPS) is 11.4. The Hall–Kier alpha value is -1.71. The molecule has 0 N–H and O–H groups in total. The van der Waals surface area contributed by atoms with Gasteiger partial charge < -0.3 is 0 Å². The van der Waals surface area contributed by atoms with E-state index in [1.807, 2.05) is 20.9 Å². The van der Waals surface area contributed by atoms with Gasteiger partial charge in [0.25, 0.3) is 0 Å². The number of nitrogens with zero attached hydrogens (tertiary/aromatic N) is 2. The summed E-state index contributed by atoms with van der Waals surface area (Å²) in [6.07, 6.45) is 0. The quantitative estimate of drug-likeness (QED) is 0.798. The third kappa shape index (κ3) is 2.27. The molecule has 1 aromatic heterocycles. The van der Waals surface area contributed by atoms with E-state index in [0.29, 0.717) is 5.56 Å². The zero-order chi connectivity index (χ0) is 14.3. The van der Waals surface area contributed by atoms with Gasteiger partial charge >= 0.3 is 0 Å². The fraction of sp³-hybridized carbons (Fsp3) is 0.400. The highest BCUT2D eigenvalue weighted by Gasteiger charge is 2.18. The Morgan fingerprint density at radius 1 is 1.11 bits per heavy atom. The van der Waals surface area contributed by atoms with Crippen LogP contribution in [0.1, 0.15) is 36.7 Å². The molecule has 2 nitrogen and oxygen atoms in total. The van der Waals surface area contributed by atoms with Gasteiger partial charge in [-0.05, 0) is 37.5 Å². The first-order valence-corrected chi connectivity index (χ1v) is 6.32. The Bertz CT molecular complexity index is 604. The molecule has 0 unspecified atom stereocenters. The molecule has 2 rings (SSSR count). The van der Waals surface area contributed by atoms with Gasteiger partial charge in [-0.2, -0.15) is 5.10 Å². The van der Waals surface area contributed by atoms with Crippen molar-refractivity contribution in [2.45, 2.75) is 33.6 Å². The van der Waals surface area contributed by atoms with Gasteiger partial charge in [0.05, 0.1) is 5.69 Å². The van der Waals surface area contributed by atoms with Gasteiger partial charge in [0.1, 0.15) is 11.6 Å². The third-order valence-corrected chi connectivity index (χ3v) is 3.45. The summed E-state index contributed by atoms with van der Waals surface area (Å²) < 4.78 is 29.8. The molecule has 0 bridgehead atoms. The van der Waals surface area contributed by atoms with Crippen LogP contribution >= 0.6 is 0 Å². The molecule has 4 heteroatoms. The summed E-state index contributed by atoms with van der Waals surface area (Å²) in [5.74, 6) is -1.16. The zero-order valence-electron chi connectivity index (χ0n) is 11.9. The molecule has 0 fully saturated rings. The van der Waals surface area contributed by atoms with Crippen molar-refractivity contribution in [3.8, 4) is 11.1 Å². The first kappa shape index (κ1) is 13.7. The predicted molar refractivity (Wildman–Crippen MR) is 72.1 cm³/mol. The molecule has 102 valence electrons. The van der Waals surface area contributed by atoms with Crippen molar-refractivity contribution in [1.82, 2.24) is 9.78 Å². The van der Waals surface area contributed by atoms with Crippen LogP contribution in [0.15, 0.2) is 12.1 Å². The Labute approximate surface area is 112 Å². The largest absolute Gasteiger partial charge is 0.272 e. The zero-order valence-corrected chi connectivity index (χ0v) is 11.9. The van der Waals surface area contributed by atoms with Gasteiger partial charge in [-0.15, -0.1) is 0 Å². The fourth-order valence-electron chi connectivity index (χ4n) is 2.47. The van der Waals surface area contributed by atoms with Crippen LogP contribution in [0.4, 0.5) is 8.78 Å². The fourth-order valence-corrected chi connectivity index (χ4v) is 2.47. The van der Waals surface area contributed by atoms with Crippen molar-refractivity contribution in [2.75, 3.05) is 0 Å². The molecular formula is C15H18F2N2. The molecule has 0 atom stereocenters. The molecule has 0 aliphatic rings. The monoisotopic (exact) mass is 264 g/mol. The maximum atomic E-state index is 14.1. The molecule has 1 aromatic carbocycles. The van der Waals surface area contributed by atoms with Gasteiger partial charge in [0.2, 0.25) is 0 Å². The maximum absolute atomic E-state index is 14.1. The highest BCUT2D eigenvalue weighted by Crippen LogP contribution is 2.31. The van der Waals surface area contributed by atoms with Crippen LogP contribution in [0.25, 0.3) is 11.1 Å². The molecule has 0 aliphatic carbocycles. The van der Waals surface area contributed by atoms with E-state index in [4.69, 9.17) is 0 Å². The topological polar surface area (TPSA) is 17.8 Å². The molecule has 0 saturated carbocycles. The highest BCUT2D eigenvalue weighted by atomic mass is 19.1. The minimum atomic E-state index is -0.493. The summed E-state index contributed by atoms with van der Waals surface area (Å²) in [5.41, 5.74) is 3.16. The number of hydrogen-bond donors (Lipinski definition) is 0. The van der Waals surface area contributed by atoms with Crippen LogP contribution in [-0.4, -0.2) is 9.78 Å². The van der Waals surface area contributed by atoms with Gasteiger partial charge in [0.15, 0.2) is 0 Å². The predicted octanol–water partition coefficient (Wildman–Crippen LogP) is 4.11. The number of aromatic nitrogens is 2. The van der Waals surface area contributed by atoms with Gasteiger partial charge in [-0.3, -0.25) is 4.68 Å². The molecule has 0 aliphatic heterocycles. The van der Waals surface area contributed by atoms with Crippen molar-refractivity contribution >= 4 is 0 Å². The SMILES string of the molecule is Cc1nn(C)c(C)c1-c1cc(F)c(C(C)C)c(F)c1. The second kappa shape index (κ2) is 4.76. The Morgan fingerprint density at radius 2 is 1.63 bits per heavy atom. The van der Waals surface area contributed by atoms with Crippen LogP contribution in [-0.2, 0) is 7.05 Å². The number of rotatable bonds is 2. The minimum absolute atomic E-state index is 0.142. The molecule has 0 radical (unpaired) electrons. The molecule has 0 amide bonds. The Balaban J connectivity index is 2.65. The minimum Gasteiger partial charge on any atom is -0.272 e. The van der Waals surface area contributed by atoms with Crippen LogP contribution in [0, 0.1) is 25.5 Å². The number of aryl methyl sites for hydroxylation is 2. The van der Waals surface area contributed by atoms with Crippen molar-refractivity contribution in [2.24, 2.45) is 7.05 Å². The second-order valence-electron chi connectivity index (χ2n) is 5.18. The number of halogens is 2. The number of benzene rings is 1. The third-order valence-electron chi connectivity index (χ3n) is 3.45. The van der Waals surface area contributed by atoms with Crippen LogP contribution in [0.5, 0.6) is 0 Å². The van der Waals surface area contributed by atoms with Crippen LogP contribution in [0.2, 0.25) is 0 Å². The number of hydrogen-bond acceptors (Lipinski definition) is 1. The summed E-state index contributed by atoms with van der Waals surface area (Å²) in [7, 11) is 1.82. The smallest absolute Gasteiger partial charge is 0.130 e. The lowest BCUT2D eigenvalue weighted by atomic mass is 9.96. The lowest BCUT2D eigenvalue weighted by Gasteiger charge is -2.11. The van der Waals surface area contributed by atoms with Crippen LogP contribution < -0.4 is 0 Å². The molecule has 19 heavy (non-hydrogen) atoms. The van der Waals surface area contributed by atoms with E-state index in [2.05, 4.69) is 5.10 Å². The molecule has 1 heterocycles. The van der Waals surface area contributed by atoms with E-state index in [-0.39, 0.29) is 11.5 Å². The summed E-state index contributed by atoms with van der Waals surface area (Å²) in [6, 6.07) is 2.80. The summed E-state index contributed by atoms with van der Waals surface area (Å²) >= 11 is 0. The van der Waals surface area contributed by atoms with Gasteiger partial charge in [-0.25, -0.2) is 8.78 Å². The lowest BCUT2D eigenvalue weighted by Crippen LogP contribution is -1.99. The van der Waals surface area contributed by atoms with Crippen LogP contribution in [0.3, 0.4) is 0 Å². The molecular weight excluding hydrogens is 246 g/mol. The van der Waals surface area contributed by atoms with E-state index in [0.717, 1.165) is 17.0 Å². The van der Waals surface area contributed by atoms with E-state index in [1.54, 1.807) is 18.5 Å². The van der Waals surface area contributed by atoms with Crippen molar-refractivity contribution in [3.63, 3.8) is 0 Å². The van der Waals surface area contributed by atoms with Gasteiger partial charge in [0, 0.05) is 23.9 Å². The standard InChI is InChI=1S/C15H18F2N2/c1-8(2)14-12(16)6-11(7-13(14)17)15-9(3)18-19(5)10(15)4/h6-8H,1-5H3. The summed E-state index contributed by atoms with van der Waals surface area (Å²) in [6.45, 7) is 7.29. The van der Waals surface area contributed by atoms with Gasteiger partial charge in [-0.1, -0.05) is 13.8 Å². The lowest BCUT2D eigenvalue weighted by molar-refractivity contribution is 0.542. The summed E-state index contributed by atoms with van der Waals surface area (Å²) in [5, 5.41) is 4.28. The average Bonchev–Trinajstić information content (AvgIpc) is 2.51. The van der Waals surface area contributed by atoms with Crippen molar-refractivity contribution in [1.29, 1.82) is 0 Å². The van der Waals surface area contributed by atoms with E-state index >= 15 is 0 Å².